The van der Waals surface area contributed by atoms with Gasteiger partial charge in [0.15, 0.2) is 5.54 Å². The molecule has 0 saturated carbocycles. The summed E-state index contributed by atoms with van der Waals surface area (Å²) in [4.78, 5) is 42.9. The van der Waals surface area contributed by atoms with E-state index < -0.39 is 85.6 Å². The van der Waals surface area contributed by atoms with Gasteiger partial charge in [0.2, 0.25) is 5.91 Å². The second kappa shape index (κ2) is 10.5. The Morgan fingerprint density at radius 3 is 2.26 bits per heavy atom. The molecule has 0 bridgehead atoms. The summed E-state index contributed by atoms with van der Waals surface area (Å²) in [5, 5.41) is 6.56. The smallest absolute Gasteiger partial charge is 0.320 e. The van der Waals surface area contributed by atoms with Gasteiger partial charge in [-0.15, -0.1) is 0 Å². The number of carbonyl (C=O) groups excluding carboxylic acids is 3. The van der Waals surface area contributed by atoms with Gasteiger partial charge >= 0.3 is 18.4 Å². The molecule has 244 valence electrons. The minimum atomic E-state index is -4.96. The number of hydrogen-bond acceptors (Lipinski definition) is 5. The highest BCUT2D eigenvalue weighted by Gasteiger charge is 2.66. The van der Waals surface area contributed by atoms with Gasteiger partial charge < -0.3 is 15.1 Å². The van der Waals surface area contributed by atoms with Gasteiger partial charge in [-0.05, 0) is 47.5 Å². The highest BCUT2D eigenvalue weighted by atomic mass is 19.4. The van der Waals surface area contributed by atoms with Crippen LogP contribution in [0, 0.1) is 0 Å². The lowest BCUT2D eigenvalue weighted by Crippen LogP contribution is -2.77. The van der Waals surface area contributed by atoms with E-state index in [0.717, 1.165) is 12.1 Å². The minimum absolute atomic E-state index is 0.0254. The van der Waals surface area contributed by atoms with E-state index in [9.17, 15) is 40.7 Å². The molecule has 1 aromatic heterocycles. The number of hydrogen-bond donors (Lipinski definition) is 1. The summed E-state index contributed by atoms with van der Waals surface area (Å²) < 4.78 is 99.9. The molecule has 46 heavy (non-hydrogen) atoms. The standard InChI is InChI=1S/C30H27F7N6O3/c1-40-15-27(16-40,30(35,36)37)43(12-17-3-6-20(7-4-17)29(32,33)34)24(44)14-42-25(45)28(39-26(42)46)10-23(31)21-9-18(5-8-22(21)28)19-11-38-41(2)13-19/h3-9,11,13,23H,10,12,14-16H2,1-2H3,(H,39,46)/t23-,28+/m1/s1. The molecule has 2 saturated heterocycles. The average Bonchev–Trinajstić information content (AvgIpc) is 3.59. The Hall–Kier alpha value is -4.47. The van der Waals surface area contributed by atoms with E-state index in [1.807, 2.05) is 0 Å². The molecule has 4 amide bonds. The van der Waals surface area contributed by atoms with Crippen LogP contribution in [0.25, 0.3) is 11.1 Å². The molecular formula is C30H27F7N6O3. The quantitative estimate of drug-likeness (QED) is 0.312. The monoisotopic (exact) mass is 652 g/mol. The summed E-state index contributed by atoms with van der Waals surface area (Å²) in [6, 6.07) is 6.87. The molecule has 3 heterocycles. The predicted octanol–water partition coefficient (Wildman–Crippen LogP) is 4.54. The molecule has 0 radical (unpaired) electrons. The second-order valence-corrected chi connectivity index (χ2v) is 12.0. The van der Waals surface area contributed by atoms with Gasteiger partial charge in [-0.3, -0.25) is 19.2 Å². The maximum Gasteiger partial charge on any atom is 0.416 e. The van der Waals surface area contributed by atoms with Gasteiger partial charge in [0.1, 0.15) is 18.3 Å². The fourth-order valence-corrected chi connectivity index (χ4v) is 6.57. The van der Waals surface area contributed by atoms with Crippen molar-refractivity contribution in [1.82, 2.24) is 29.8 Å². The topological polar surface area (TPSA) is 90.8 Å². The molecule has 9 nitrogen and oxygen atoms in total. The average molecular weight is 653 g/mol. The number of nitrogens with one attached hydrogen (secondary N) is 1. The third-order valence-corrected chi connectivity index (χ3v) is 8.87. The number of carbonyl (C=O) groups is 3. The first-order valence-electron chi connectivity index (χ1n) is 14.1. The van der Waals surface area contributed by atoms with Crippen molar-refractivity contribution in [3.8, 4) is 11.1 Å². The number of imide groups is 1. The van der Waals surface area contributed by atoms with Crippen LogP contribution in [0.5, 0.6) is 0 Å². The van der Waals surface area contributed by atoms with Gasteiger partial charge in [0, 0.05) is 44.9 Å². The van der Waals surface area contributed by atoms with Crippen LogP contribution in [0.1, 0.15) is 34.8 Å². The van der Waals surface area contributed by atoms with Crippen molar-refractivity contribution >= 4 is 17.8 Å². The first kappa shape index (κ1) is 31.5. The van der Waals surface area contributed by atoms with Crippen LogP contribution >= 0.6 is 0 Å². The van der Waals surface area contributed by atoms with E-state index in [1.165, 1.54) is 24.1 Å². The summed E-state index contributed by atoms with van der Waals surface area (Å²) in [5.74, 6) is -2.25. The van der Waals surface area contributed by atoms with Gasteiger partial charge in [0.05, 0.1) is 11.8 Å². The number of alkyl halides is 7. The largest absolute Gasteiger partial charge is 0.416 e. The van der Waals surface area contributed by atoms with Crippen LogP contribution in [0.3, 0.4) is 0 Å². The number of likely N-dealkylation sites (N-methyl/N-ethyl adjacent to an activating group) is 1. The molecule has 0 unspecified atom stereocenters. The summed E-state index contributed by atoms with van der Waals surface area (Å²) in [5.41, 5.74) is -4.07. The summed E-state index contributed by atoms with van der Waals surface area (Å²) in [6.45, 7) is -3.12. The third-order valence-electron chi connectivity index (χ3n) is 8.87. The fraction of sp³-hybridized carbons (Fsp3) is 0.400. The Bertz CT molecular complexity index is 1710. The number of rotatable bonds is 6. The Balaban J connectivity index is 1.29. The Morgan fingerprint density at radius 2 is 1.70 bits per heavy atom. The summed E-state index contributed by atoms with van der Waals surface area (Å²) in [7, 11) is 3.10. The van der Waals surface area contributed by atoms with Crippen molar-refractivity contribution in [2.75, 3.05) is 26.7 Å². The molecule has 1 aliphatic carbocycles. The second-order valence-electron chi connectivity index (χ2n) is 12.0. The SMILES string of the molecule is CN1CC(N(Cc2ccc(C(F)(F)F)cc2)C(=O)CN2C(=O)N[C@]3(C[C@@H](F)c4cc(-c5cnn(C)c5)ccc43)C2=O)(C(F)(F)F)C1. The van der Waals surface area contributed by atoms with Crippen molar-refractivity contribution in [2.24, 2.45) is 7.05 Å². The molecule has 3 aromatic rings. The number of nitrogens with zero attached hydrogens (tertiary/aromatic N) is 5. The van der Waals surface area contributed by atoms with Crippen LogP contribution in [0.15, 0.2) is 54.9 Å². The Morgan fingerprint density at radius 1 is 1.02 bits per heavy atom. The van der Waals surface area contributed by atoms with E-state index in [-0.39, 0.29) is 16.7 Å². The Labute approximate surface area is 257 Å². The first-order valence-corrected chi connectivity index (χ1v) is 14.1. The lowest BCUT2D eigenvalue weighted by Gasteiger charge is -2.55. The van der Waals surface area contributed by atoms with Crippen LogP contribution < -0.4 is 5.32 Å². The molecule has 16 heteroatoms. The molecule has 2 aromatic carbocycles. The predicted molar refractivity (Wildman–Crippen MR) is 147 cm³/mol. The third kappa shape index (κ3) is 4.98. The molecule has 2 atom stereocenters. The van der Waals surface area contributed by atoms with E-state index in [2.05, 4.69) is 10.4 Å². The number of urea groups is 1. The zero-order chi connectivity index (χ0) is 33.4. The molecule has 1 N–H and O–H groups in total. The molecule has 2 fully saturated rings. The zero-order valence-electron chi connectivity index (χ0n) is 24.4. The van der Waals surface area contributed by atoms with E-state index >= 15 is 4.39 Å². The number of aryl methyl sites for hydroxylation is 1. The lowest BCUT2D eigenvalue weighted by atomic mass is 9.86. The lowest BCUT2D eigenvalue weighted by molar-refractivity contribution is -0.268. The fourth-order valence-electron chi connectivity index (χ4n) is 6.57. The number of amides is 4. The summed E-state index contributed by atoms with van der Waals surface area (Å²) >= 11 is 0. The highest BCUT2D eigenvalue weighted by molar-refractivity contribution is 6.10. The summed E-state index contributed by atoms with van der Waals surface area (Å²) in [6.07, 6.45) is -8.53. The molecular weight excluding hydrogens is 625 g/mol. The molecule has 6 rings (SSSR count). The number of aromatic nitrogens is 2. The van der Waals surface area contributed by atoms with Crippen molar-refractivity contribution < 1.29 is 45.1 Å². The normalized spacial score (nSPS) is 22.6. The highest BCUT2D eigenvalue weighted by Crippen LogP contribution is 2.50. The molecule has 2 aliphatic heterocycles. The van der Waals surface area contributed by atoms with Crippen LogP contribution in [0.4, 0.5) is 35.5 Å². The number of halogens is 7. The van der Waals surface area contributed by atoms with Crippen molar-refractivity contribution in [3.05, 3.63) is 77.1 Å². The number of benzene rings is 2. The van der Waals surface area contributed by atoms with Crippen LogP contribution in [-0.2, 0) is 34.9 Å². The van der Waals surface area contributed by atoms with E-state index in [1.54, 1.807) is 30.2 Å². The van der Waals surface area contributed by atoms with Crippen molar-refractivity contribution in [2.45, 2.75) is 42.6 Å². The van der Waals surface area contributed by atoms with Crippen LogP contribution in [-0.4, -0.2) is 80.7 Å². The maximum absolute atomic E-state index is 15.4. The van der Waals surface area contributed by atoms with Gasteiger partial charge in [-0.1, -0.05) is 24.3 Å². The van der Waals surface area contributed by atoms with E-state index in [0.29, 0.717) is 33.1 Å². The van der Waals surface area contributed by atoms with Crippen LogP contribution in [0.2, 0.25) is 0 Å². The van der Waals surface area contributed by atoms with Crippen molar-refractivity contribution in [3.63, 3.8) is 0 Å². The maximum atomic E-state index is 15.4. The zero-order valence-corrected chi connectivity index (χ0v) is 24.4. The number of likely N-dealkylation sites (tertiary alicyclic amines) is 1. The Kier molecular flexibility index (Phi) is 7.22. The van der Waals surface area contributed by atoms with Gasteiger partial charge in [-0.2, -0.15) is 31.4 Å². The first-order chi connectivity index (χ1) is 21.4. The van der Waals surface area contributed by atoms with E-state index in [4.69, 9.17) is 0 Å². The molecule has 3 aliphatic rings. The number of fused-ring (bicyclic) bond motifs is 2. The van der Waals surface area contributed by atoms with Gasteiger partial charge in [-0.25, -0.2) is 9.18 Å². The van der Waals surface area contributed by atoms with Gasteiger partial charge in [0.25, 0.3) is 5.91 Å². The van der Waals surface area contributed by atoms with Crippen molar-refractivity contribution in [1.29, 1.82) is 0 Å². The molecule has 1 spiro atoms. The minimum Gasteiger partial charge on any atom is -0.320 e.